The number of nitrogens with zero attached hydrogens (tertiary/aromatic N) is 1. The van der Waals surface area contributed by atoms with Gasteiger partial charge in [0.25, 0.3) is 0 Å². The zero-order valence-electron chi connectivity index (χ0n) is 16.3. The second kappa shape index (κ2) is 9.43. The topological polar surface area (TPSA) is 125 Å². The minimum absolute atomic E-state index is 0.0675. The smallest absolute Gasteiger partial charge is 0.324 e. The number of ether oxygens (including phenoxy) is 1. The third kappa shape index (κ3) is 4.79. The maximum absolute atomic E-state index is 13.2. The molecule has 1 aliphatic rings. The van der Waals surface area contributed by atoms with Crippen molar-refractivity contribution < 1.29 is 27.9 Å². The Balaban J connectivity index is 1.91. The number of hydrogen-bond donors (Lipinski definition) is 3. The Labute approximate surface area is 192 Å². The van der Waals surface area contributed by atoms with Gasteiger partial charge in [-0.25, -0.2) is 13.2 Å². The van der Waals surface area contributed by atoms with E-state index in [0.717, 1.165) is 4.31 Å². The lowest BCUT2D eigenvalue weighted by Gasteiger charge is -2.23. The minimum Gasteiger partial charge on any atom is -0.504 e. The number of sulfonamides is 1. The normalized spacial score (nSPS) is 16.7. The van der Waals surface area contributed by atoms with Crippen LogP contribution in [-0.2, 0) is 19.6 Å². The minimum atomic E-state index is -4.36. The summed E-state index contributed by atoms with van der Waals surface area (Å²) >= 11 is 9.40. The molecule has 1 aliphatic heterocycles. The molecule has 0 bridgehead atoms. The Bertz CT molecular complexity index is 1130. The first-order valence-corrected chi connectivity index (χ1v) is 11.7. The number of aromatic hydroxyl groups is 1. The van der Waals surface area contributed by atoms with E-state index in [9.17, 15) is 23.1 Å². The Morgan fingerprint density at radius 1 is 1.19 bits per heavy atom. The summed E-state index contributed by atoms with van der Waals surface area (Å²) in [6.45, 7) is 0.0675. The zero-order chi connectivity index (χ0) is 22.8. The van der Waals surface area contributed by atoms with Gasteiger partial charge in [0.1, 0.15) is 10.9 Å². The van der Waals surface area contributed by atoms with Crippen molar-refractivity contribution in [3.8, 4) is 5.75 Å². The maximum Gasteiger partial charge on any atom is 0.324 e. The van der Waals surface area contributed by atoms with Crippen LogP contribution in [0.5, 0.6) is 5.75 Å². The van der Waals surface area contributed by atoms with Gasteiger partial charge in [0.2, 0.25) is 10.0 Å². The van der Waals surface area contributed by atoms with Crippen LogP contribution in [-0.4, -0.2) is 49.5 Å². The number of rotatable bonds is 5. The number of anilines is 2. The number of esters is 1. The molecule has 0 spiro atoms. The quantitative estimate of drug-likeness (QED) is 0.398. The molecule has 0 aliphatic carbocycles. The van der Waals surface area contributed by atoms with E-state index in [2.05, 4.69) is 31.3 Å². The second-order valence-corrected chi connectivity index (χ2v) is 9.72. The maximum atomic E-state index is 13.2. The van der Waals surface area contributed by atoms with Crippen molar-refractivity contribution in [3.63, 3.8) is 0 Å². The molecule has 2 aromatic carbocycles. The summed E-state index contributed by atoms with van der Waals surface area (Å²) in [5.41, 5.74) is 0.306. The first kappa shape index (κ1) is 23.3. The van der Waals surface area contributed by atoms with Gasteiger partial charge in [-0.15, -0.1) is 0 Å². The number of carbonyl (C=O) groups excluding carboxylic acids is 2. The number of halogens is 2. The average molecular weight is 533 g/mol. The number of methoxy groups -OCH3 is 1. The molecule has 0 saturated carbocycles. The fourth-order valence-electron chi connectivity index (χ4n) is 3.25. The van der Waals surface area contributed by atoms with Gasteiger partial charge >= 0.3 is 12.0 Å². The fourth-order valence-corrected chi connectivity index (χ4v) is 5.88. The third-order valence-electron chi connectivity index (χ3n) is 4.70. The van der Waals surface area contributed by atoms with Crippen LogP contribution in [0.15, 0.2) is 45.8 Å². The fraction of sp³-hybridized carbons (Fsp3) is 0.263. The molecule has 1 fully saturated rings. The monoisotopic (exact) mass is 531 g/mol. The predicted octanol–water partition coefficient (Wildman–Crippen LogP) is 3.78. The molecule has 0 radical (unpaired) electrons. The van der Waals surface area contributed by atoms with E-state index in [-0.39, 0.29) is 23.7 Å². The molecule has 9 nitrogen and oxygen atoms in total. The summed E-state index contributed by atoms with van der Waals surface area (Å²) in [5.74, 6) is -1.43. The van der Waals surface area contributed by atoms with E-state index in [4.69, 9.17) is 11.6 Å². The molecule has 12 heteroatoms. The number of phenols is 1. The summed E-state index contributed by atoms with van der Waals surface area (Å²) in [7, 11) is -3.19. The van der Waals surface area contributed by atoms with Gasteiger partial charge in [-0.3, -0.25) is 4.79 Å². The number of urea groups is 1. The predicted molar refractivity (Wildman–Crippen MR) is 119 cm³/mol. The average Bonchev–Trinajstić information content (AvgIpc) is 3.22. The SMILES string of the molecule is COC(=O)[C@@H]1CCCN1S(=O)(=O)c1c(Cl)ccc(NC(=O)Nc2ccccc2Br)c1O. The highest BCUT2D eigenvalue weighted by Crippen LogP contribution is 2.40. The molecule has 31 heavy (non-hydrogen) atoms. The highest BCUT2D eigenvalue weighted by Gasteiger charge is 2.42. The lowest BCUT2D eigenvalue weighted by Crippen LogP contribution is -2.41. The van der Waals surface area contributed by atoms with E-state index in [1.165, 1.54) is 19.2 Å². The highest BCUT2D eigenvalue weighted by atomic mass is 79.9. The van der Waals surface area contributed by atoms with Crippen molar-refractivity contribution >= 4 is 60.9 Å². The van der Waals surface area contributed by atoms with E-state index in [0.29, 0.717) is 16.6 Å². The van der Waals surface area contributed by atoms with Crippen LogP contribution < -0.4 is 10.6 Å². The molecule has 166 valence electrons. The van der Waals surface area contributed by atoms with Gasteiger partial charge in [-0.2, -0.15) is 4.31 Å². The van der Waals surface area contributed by atoms with Gasteiger partial charge in [-0.05, 0) is 53.0 Å². The Kier molecular flexibility index (Phi) is 7.10. The molecular formula is C19H19BrClN3O6S. The number of benzene rings is 2. The highest BCUT2D eigenvalue weighted by molar-refractivity contribution is 9.10. The van der Waals surface area contributed by atoms with Crippen LogP contribution in [0, 0.1) is 0 Å². The van der Waals surface area contributed by atoms with E-state index in [1.807, 2.05) is 0 Å². The van der Waals surface area contributed by atoms with E-state index >= 15 is 0 Å². The molecule has 2 aromatic rings. The van der Waals surface area contributed by atoms with Crippen molar-refractivity contribution in [1.29, 1.82) is 0 Å². The van der Waals surface area contributed by atoms with Crippen LogP contribution >= 0.6 is 27.5 Å². The summed E-state index contributed by atoms with van der Waals surface area (Å²) in [6.07, 6.45) is 0.736. The summed E-state index contributed by atoms with van der Waals surface area (Å²) in [5, 5.41) is 15.4. The van der Waals surface area contributed by atoms with Crippen molar-refractivity contribution in [1.82, 2.24) is 4.31 Å². The number of hydrogen-bond acceptors (Lipinski definition) is 6. The van der Waals surface area contributed by atoms with Crippen LogP contribution in [0.25, 0.3) is 0 Å². The van der Waals surface area contributed by atoms with Crippen molar-refractivity contribution in [2.75, 3.05) is 24.3 Å². The molecule has 3 N–H and O–H groups in total. The molecule has 1 heterocycles. The number of phenolic OH excluding ortho intramolecular Hbond substituents is 1. The number of para-hydroxylation sites is 1. The first-order valence-electron chi connectivity index (χ1n) is 9.10. The van der Waals surface area contributed by atoms with E-state index in [1.54, 1.807) is 24.3 Å². The van der Waals surface area contributed by atoms with Crippen LogP contribution in [0.2, 0.25) is 5.02 Å². The van der Waals surface area contributed by atoms with Gasteiger partial charge in [0.05, 0.1) is 23.5 Å². The summed E-state index contributed by atoms with van der Waals surface area (Å²) in [6, 6.07) is 7.68. The third-order valence-corrected chi connectivity index (χ3v) is 7.80. The Hall–Kier alpha value is -2.34. The van der Waals surface area contributed by atoms with Crippen molar-refractivity contribution in [2.24, 2.45) is 0 Å². The number of nitrogens with one attached hydrogen (secondary N) is 2. The van der Waals surface area contributed by atoms with Gasteiger partial charge in [0.15, 0.2) is 5.75 Å². The molecule has 2 amide bonds. The summed E-state index contributed by atoms with van der Waals surface area (Å²) < 4.78 is 32.7. The van der Waals surface area contributed by atoms with Crippen molar-refractivity contribution in [3.05, 3.63) is 45.9 Å². The first-order chi connectivity index (χ1) is 14.7. The van der Waals surface area contributed by atoms with Gasteiger partial charge < -0.3 is 20.5 Å². The molecule has 0 unspecified atom stereocenters. The molecule has 1 saturated heterocycles. The number of amides is 2. The largest absolute Gasteiger partial charge is 0.504 e. The second-order valence-electron chi connectivity index (χ2n) is 6.63. The van der Waals surface area contributed by atoms with Gasteiger partial charge in [0, 0.05) is 11.0 Å². The Morgan fingerprint density at radius 3 is 2.55 bits per heavy atom. The standard InChI is InChI=1S/C19H19BrClN3O6S/c1-30-18(26)15-7-4-10-24(15)31(28,29)17-12(21)8-9-14(16(17)25)23-19(27)22-13-6-3-2-5-11(13)20/h2-3,5-6,8-9,15,25H,4,7,10H2,1H3,(H2,22,23,27)/t15-/m0/s1. The van der Waals surface area contributed by atoms with Crippen LogP contribution in [0.3, 0.4) is 0 Å². The summed E-state index contributed by atoms with van der Waals surface area (Å²) in [4.78, 5) is 23.8. The van der Waals surface area contributed by atoms with Crippen LogP contribution in [0.4, 0.5) is 16.2 Å². The van der Waals surface area contributed by atoms with E-state index < -0.39 is 38.7 Å². The zero-order valence-corrected chi connectivity index (χ0v) is 19.4. The van der Waals surface area contributed by atoms with Gasteiger partial charge in [-0.1, -0.05) is 23.7 Å². The molecule has 0 aromatic heterocycles. The van der Waals surface area contributed by atoms with Crippen LogP contribution in [0.1, 0.15) is 12.8 Å². The molecule has 1 atom stereocenters. The lowest BCUT2D eigenvalue weighted by atomic mass is 10.2. The Morgan fingerprint density at radius 2 is 1.87 bits per heavy atom. The molecular weight excluding hydrogens is 514 g/mol. The molecule has 3 rings (SSSR count). The van der Waals surface area contributed by atoms with Crippen molar-refractivity contribution in [2.45, 2.75) is 23.8 Å². The number of carbonyl (C=O) groups is 2. The lowest BCUT2D eigenvalue weighted by molar-refractivity contribution is -0.144.